The Balaban J connectivity index is 7.09. The molecule has 4 unspecified atom stereocenters. The molecule has 4 atom stereocenters. The third-order valence-corrected chi connectivity index (χ3v) is 13.8. The maximum absolute atomic E-state index is 13.8. The maximum Gasteiger partial charge on any atom is 0.310 e. The molecule has 0 aromatic carbocycles. The summed E-state index contributed by atoms with van der Waals surface area (Å²) in [6.45, 7) is 50.2. The zero-order valence-electron chi connectivity index (χ0n) is 33.7. The van der Waals surface area contributed by atoms with Gasteiger partial charge in [0.15, 0.2) is 0 Å². The minimum Gasteiger partial charge on any atom is -0.460 e. The van der Waals surface area contributed by atoms with Gasteiger partial charge < -0.3 is 4.74 Å². The van der Waals surface area contributed by atoms with Gasteiger partial charge in [-0.1, -0.05) is 150 Å². The van der Waals surface area contributed by atoms with Crippen LogP contribution in [0.3, 0.4) is 0 Å². The molecule has 2 heteroatoms. The lowest BCUT2D eigenvalue weighted by atomic mass is 9.40. The van der Waals surface area contributed by atoms with Gasteiger partial charge in [-0.2, -0.15) is 0 Å². The average molecular weight is 607 g/mol. The number of hydrogen-bond acceptors (Lipinski definition) is 2. The van der Waals surface area contributed by atoms with E-state index in [1.807, 2.05) is 20.8 Å². The van der Waals surface area contributed by atoms with Crippen LogP contribution < -0.4 is 0 Å². The van der Waals surface area contributed by atoms with Crippen LogP contribution in [-0.4, -0.2) is 11.6 Å². The number of esters is 1. The summed E-state index contributed by atoms with van der Waals surface area (Å²) in [5.41, 5.74) is -0.135. The van der Waals surface area contributed by atoms with Crippen LogP contribution >= 0.6 is 0 Å². The van der Waals surface area contributed by atoms with Gasteiger partial charge in [-0.25, -0.2) is 0 Å². The predicted molar refractivity (Wildman–Crippen MR) is 192 cm³/mol. The van der Waals surface area contributed by atoms with Crippen molar-refractivity contribution in [3.8, 4) is 0 Å². The van der Waals surface area contributed by atoms with Crippen LogP contribution in [0.1, 0.15) is 197 Å². The minimum atomic E-state index is -0.486. The molecule has 2 nitrogen and oxygen atoms in total. The van der Waals surface area contributed by atoms with Crippen molar-refractivity contribution in [2.75, 3.05) is 0 Å². The number of ether oxygens (including phenoxy) is 1. The Morgan fingerprint density at radius 3 is 1.40 bits per heavy atom. The topological polar surface area (TPSA) is 26.3 Å². The third kappa shape index (κ3) is 9.27. The van der Waals surface area contributed by atoms with Crippen molar-refractivity contribution in [1.29, 1.82) is 0 Å². The lowest BCUT2D eigenvalue weighted by Gasteiger charge is -2.65. The van der Waals surface area contributed by atoms with E-state index in [-0.39, 0.29) is 49.8 Å². The molecule has 0 rings (SSSR count). The first-order valence-corrected chi connectivity index (χ1v) is 18.2. The van der Waals surface area contributed by atoms with Crippen molar-refractivity contribution in [2.24, 2.45) is 55.7 Å². The Bertz CT molecular complexity index is 857. The quantitative estimate of drug-likeness (QED) is 0.154. The maximum atomic E-state index is 13.8. The van der Waals surface area contributed by atoms with Crippen LogP contribution in [0.15, 0.2) is 0 Å². The fraction of sp³-hybridized carbons (Fsp3) is 0.976. The lowest BCUT2D eigenvalue weighted by molar-refractivity contribution is -0.178. The highest BCUT2D eigenvalue weighted by Crippen LogP contribution is 2.67. The van der Waals surface area contributed by atoms with Gasteiger partial charge in [0.05, 0.1) is 5.92 Å². The van der Waals surface area contributed by atoms with Crippen molar-refractivity contribution in [1.82, 2.24) is 0 Å². The van der Waals surface area contributed by atoms with Crippen LogP contribution in [0.2, 0.25) is 0 Å². The van der Waals surface area contributed by atoms with E-state index in [1.54, 1.807) is 0 Å². The predicted octanol–water partition coefficient (Wildman–Crippen LogP) is 13.6. The molecule has 0 aliphatic rings. The molecule has 0 aliphatic heterocycles. The van der Waals surface area contributed by atoms with Gasteiger partial charge in [0.1, 0.15) is 5.60 Å². The summed E-state index contributed by atoms with van der Waals surface area (Å²) in [6.07, 6.45) is 9.37. The summed E-state index contributed by atoms with van der Waals surface area (Å²) in [5, 5.41) is 0. The van der Waals surface area contributed by atoms with Crippen LogP contribution in [-0.2, 0) is 9.53 Å². The monoisotopic (exact) mass is 607 g/mol. The Hall–Kier alpha value is -0.530. The van der Waals surface area contributed by atoms with Crippen molar-refractivity contribution >= 4 is 5.97 Å². The number of rotatable bonds is 17. The van der Waals surface area contributed by atoms with E-state index in [4.69, 9.17) is 4.74 Å². The molecule has 0 N–H and O–H groups in total. The molecular weight excluding hydrogens is 524 g/mol. The summed E-state index contributed by atoms with van der Waals surface area (Å²) in [5.74, 6) is 0.843. The van der Waals surface area contributed by atoms with Crippen molar-refractivity contribution < 1.29 is 9.53 Å². The van der Waals surface area contributed by atoms with E-state index < -0.39 is 5.60 Å². The highest BCUT2D eigenvalue weighted by molar-refractivity contribution is 5.73. The first kappa shape index (κ1) is 42.5. The Morgan fingerprint density at radius 1 is 0.605 bits per heavy atom. The van der Waals surface area contributed by atoms with Crippen LogP contribution in [0, 0.1) is 55.7 Å². The van der Waals surface area contributed by atoms with Gasteiger partial charge in [0.2, 0.25) is 0 Å². The average Bonchev–Trinajstić information content (AvgIpc) is 2.83. The Morgan fingerprint density at radius 2 is 1.02 bits per heavy atom. The standard InChI is InChI=1S/C41H82O2/c1-22-25-27-36(12,13)30(4)38(16,17)39(18,19)31(5)40(20,21)41(24-3,28-26-23-2)37(14,15)29-32(34(6,7)8)33(42)43-35(9,10)11/h30-32H,22-29H2,1-21H3. The molecule has 258 valence electrons. The highest BCUT2D eigenvalue weighted by atomic mass is 16.6. The number of unbranched alkanes of at least 4 members (excludes halogenated alkanes) is 2. The molecule has 0 amide bonds. The summed E-state index contributed by atoms with van der Waals surface area (Å²) in [4.78, 5) is 13.8. The van der Waals surface area contributed by atoms with E-state index >= 15 is 0 Å². The van der Waals surface area contributed by atoms with Crippen LogP contribution in [0.5, 0.6) is 0 Å². The normalized spacial score (nSPS) is 18.2. The van der Waals surface area contributed by atoms with E-state index in [9.17, 15) is 4.79 Å². The first-order chi connectivity index (χ1) is 19.0. The van der Waals surface area contributed by atoms with Gasteiger partial charge in [0.25, 0.3) is 0 Å². The lowest BCUT2D eigenvalue weighted by Crippen LogP contribution is -2.58. The first-order valence-electron chi connectivity index (χ1n) is 18.2. The highest BCUT2D eigenvalue weighted by Gasteiger charge is 2.61. The van der Waals surface area contributed by atoms with E-state index in [0.29, 0.717) is 11.8 Å². The van der Waals surface area contributed by atoms with E-state index in [1.165, 1.54) is 38.5 Å². The molecule has 0 saturated heterocycles. The summed E-state index contributed by atoms with van der Waals surface area (Å²) >= 11 is 0. The zero-order chi connectivity index (χ0) is 34.7. The molecule has 0 aromatic rings. The summed E-state index contributed by atoms with van der Waals surface area (Å²) in [7, 11) is 0. The Kier molecular flexibility index (Phi) is 14.3. The van der Waals surface area contributed by atoms with Gasteiger partial charge in [0, 0.05) is 0 Å². The van der Waals surface area contributed by atoms with Gasteiger partial charge in [-0.3, -0.25) is 4.79 Å². The van der Waals surface area contributed by atoms with Crippen molar-refractivity contribution in [3.63, 3.8) is 0 Å². The SMILES string of the molecule is CCCCC(C)(C)C(C)C(C)(C)C(C)(C)C(C)C(C)(C)C(CC)(CCCC)C(C)(C)CC(C(=O)OC(C)(C)C)C(C)(C)C. The van der Waals surface area contributed by atoms with Crippen LogP contribution in [0.25, 0.3) is 0 Å². The van der Waals surface area contributed by atoms with Crippen molar-refractivity contribution in [2.45, 2.75) is 202 Å². The second-order valence-corrected chi connectivity index (χ2v) is 19.8. The van der Waals surface area contributed by atoms with Gasteiger partial charge in [-0.05, 0) is 96.2 Å². The van der Waals surface area contributed by atoms with E-state index in [2.05, 4.69) is 125 Å². The molecule has 0 aromatic heterocycles. The second kappa shape index (κ2) is 14.5. The zero-order valence-corrected chi connectivity index (χ0v) is 33.7. The third-order valence-electron chi connectivity index (χ3n) is 13.8. The summed E-state index contributed by atoms with van der Waals surface area (Å²) < 4.78 is 6.08. The molecule has 43 heavy (non-hydrogen) atoms. The molecule has 0 fully saturated rings. The smallest absolute Gasteiger partial charge is 0.310 e. The molecule has 0 heterocycles. The number of hydrogen-bond donors (Lipinski definition) is 0. The minimum absolute atomic E-state index is 0.0326. The largest absolute Gasteiger partial charge is 0.460 e. The summed E-state index contributed by atoms with van der Waals surface area (Å²) in [6, 6.07) is 0. The number of carbonyl (C=O) groups is 1. The molecule has 0 saturated carbocycles. The second-order valence-electron chi connectivity index (χ2n) is 19.8. The fourth-order valence-corrected chi connectivity index (χ4v) is 9.20. The van der Waals surface area contributed by atoms with Crippen LogP contribution in [0.4, 0.5) is 0 Å². The van der Waals surface area contributed by atoms with Crippen molar-refractivity contribution in [3.05, 3.63) is 0 Å². The Labute approximate surface area is 273 Å². The molecule has 0 radical (unpaired) electrons. The van der Waals surface area contributed by atoms with Gasteiger partial charge >= 0.3 is 5.97 Å². The molecule has 0 spiro atoms. The van der Waals surface area contributed by atoms with E-state index in [0.717, 1.165) is 12.8 Å². The molecular formula is C41H82O2. The molecule has 0 aliphatic carbocycles. The number of carbonyl (C=O) groups excluding carboxylic acids is 1. The fourth-order valence-electron chi connectivity index (χ4n) is 9.20. The molecule has 0 bridgehead atoms. The van der Waals surface area contributed by atoms with Gasteiger partial charge in [-0.15, -0.1) is 0 Å².